The second-order valence-corrected chi connectivity index (χ2v) is 7.56. The number of fused-ring (bicyclic) bond motifs is 1. The van der Waals surface area contributed by atoms with E-state index >= 15 is 0 Å². The van der Waals surface area contributed by atoms with Gasteiger partial charge < -0.3 is 18.8 Å². The van der Waals surface area contributed by atoms with Gasteiger partial charge in [0.25, 0.3) is 5.91 Å². The molecule has 0 fully saturated rings. The van der Waals surface area contributed by atoms with Crippen molar-refractivity contribution in [1.29, 1.82) is 0 Å². The summed E-state index contributed by atoms with van der Waals surface area (Å²) in [6.45, 7) is 5.94. The predicted molar refractivity (Wildman–Crippen MR) is 119 cm³/mol. The van der Waals surface area contributed by atoms with Crippen LogP contribution in [0.15, 0.2) is 53.5 Å². The first-order valence-electron chi connectivity index (χ1n) is 10.3. The largest absolute Gasteiger partial charge is 0.493 e. The number of nitrogens with zero attached hydrogens (tertiary/aromatic N) is 2. The number of aromatic nitrogens is 1. The van der Waals surface area contributed by atoms with Gasteiger partial charge in [-0.25, -0.2) is 4.79 Å². The number of benzene rings is 2. The molecule has 164 valence electrons. The first-order valence-corrected chi connectivity index (χ1v) is 11.1. The monoisotopic (exact) mass is 442 g/mol. The molecule has 0 aliphatic rings. The van der Waals surface area contributed by atoms with Crippen LogP contribution < -0.4 is 9.54 Å². The van der Waals surface area contributed by atoms with Gasteiger partial charge in [0.05, 0.1) is 42.0 Å². The fourth-order valence-corrected chi connectivity index (χ4v) is 4.06. The second kappa shape index (κ2) is 11.4. The molecule has 0 unspecified atom stereocenters. The topological polar surface area (TPSA) is 79.1 Å². The Bertz CT molecular complexity index is 1090. The van der Waals surface area contributed by atoms with Crippen molar-refractivity contribution in [3.63, 3.8) is 0 Å². The Kier molecular flexibility index (Phi) is 8.37. The van der Waals surface area contributed by atoms with E-state index in [1.54, 1.807) is 19.1 Å². The van der Waals surface area contributed by atoms with Crippen molar-refractivity contribution in [2.75, 3.05) is 26.4 Å². The number of rotatable bonds is 10. The molecule has 0 aliphatic heterocycles. The summed E-state index contributed by atoms with van der Waals surface area (Å²) in [7, 11) is 0. The number of ether oxygens (including phenoxy) is 3. The lowest BCUT2D eigenvalue weighted by molar-refractivity contribution is -0.118. The third kappa shape index (κ3) is 6.26. The van der Waals surface area contributed by atoms with Gasteiger partial charge in [0.1, 0.15) is 5.75 Å². The molecule has 2 aromatic carbocycles. The summed E-state index contributed by atoms with van der Waals surface area (Å²) in [5.74, 6) is 0.0833. The highest BCUT2D eigenvalue weighted by atomic mass is 32.1. The van der Waals surface area contributed by atoms with Crippen molar-refractivity contribution in [1.82, 2.24) is 4.57 Å². The van der Waals surface area contributed by atoms with Crippen LogP contribution in [0.25, 0.3) is 10.2 Å². The molecule has 0 bridgehead atoms. The van der Waals surface area contributed by atoms with E-state index in [0.717, 1.165) is 16.0 Å². The minimum absolute atomic E-state index is 0.169. The molecule has 0 N–H and O–H groups in total. The summed E-state index contributed by atoms with van der Waals surface area (Å²) in [5.41, 5.74) is 1.37. The van der Waals surface area contributed by atoms with Gasteiger partial charge in [-0.05, 0) is 44.2 Å². The summed E-state index contributed by atoms with van der Waals surface area (Å²) in [5, 5.41) is 0. The number of thiazole rings is 1. The number of esters is 1. The van der Waals surface area contributed by atoms with Gasteiger partial charge in [-0.2, -0.15) is 4.99 Å². The molecule has 8 heteroatoms. The van der Waals surface area contributed by atoms with E-state index in [1.807, 2.05) is 47.9 Å². The van der Waals surface area contributed by atoms with E-state index in [-0.39, 0.29) is 24.9 Å². The van der Waals surface area contributed by atoms with Crippen LogP contribution in [-0.4, -0.2) is 42.9 Å². The third-order valence-corrected chi connectivity index (χ3v) is 5.45. The molecule has 1 heterocycles. The van der Waals surface area contributed by atoms with Crippen LogP contribution in [-0.2, 0) is 20.8 Å². The first kappa shape index (κ1) is 22.7. The highest BCUT2D eigenvalue weighted by Gasteiger charge is 2.12. The van der Waals surface area contributed by atoms with Crippen LogP contribution in [0.2, 0.25) is 0 Å². The summed E-state index contributed by atoms with van der Waals surface area (Å²) in [6, 6.07) is 14.7. The van der Waals surface area contributed by atoms with Crippen molar-refractivity contribution in [2.45, 2.75) is 26.8 Å². The summed E-state index contributed by atoms with van der Waals surface area (Å²) >= 11 is 1.36. The van der Waals surface area contributed by atoms with Crippen LogP contribution in [0.5, 0.6) is 5.75 Å². The van der Waals surface area contributed by atoms with Crippen LogP contribution >= 0.6 is 11.3 Å². The Hall–Kier alpha value is -2.97. The zero-order valence-electron chi connectivity index (χ0n) is 17.7. The van der Waals surface area contributed by atoms with E-state index in [2.05, 4.69) is 4.99 Å². The summed E-state index contributed by atoms with van der Waals surface area (Å²) in [6.07, 6.45) is 0.169. The lowest BCUT2D eigenvalue weighted by Crippen LogP contribution is -2.20. The Balaban J connectivity index is 1.82. The highest BCUT2D eigenvalue weighted by molar-refractivity contribution is 7.16. The summed E-state index contributed by atoms with van der Waals surface area (Å²) in [4.78, 5) is 29.4. The number of carbonyl (C=O) groups excluding carboxylic acids is 2. The van der Waals surface area contributed by atoms with Gasteiger partial charge >= 0.3 is 5.97 Å². The summed E-state index contributed by atoms with van der Waals surface area (Å²) < 4.78 is 19.0. The van der Waals surface area contributed by atoms with Crippen molar-refractivity contribution >= 4 is 33.4 Å². The van der Waals surface area contributed by atoms with Crippen molar-refractivity contribution in [3.8, 4) is 5.75 Å². The molecule has 3 aromatic rings. The lowest BCUT2D eigenvalue weighted by atomic mass is 10.2. The minimum Gasteiger partial charge on any atom is -0.493 e. The normalized spacial score (nSPS) is 11.6. The molecule has 31 heavy (non-hydrogen) atoms. The van der Waals surface area contributed by atoms with Crippen LogP contribution in [0, 0.1) is 0 Å². The van der Waals surface area contributed by atoms with E-state index in [4.69, 9.17) is 14.2 Å². The fraction of sp³-hybridized carbons (Fsp3) is 0.348. The molecular weight excluding hydrogens is 416 g/mol. The zero-order chi connectivity index (χ0) is 22.1. The van der Waals surface area contributed by atoms with Gasteiger partial charge in [-0.1, -0.05) is 29.5 Å². The van der Waals surface area contributed by atoms with Gasteiger partial charge in [-0.15, -0.1) is 0 Å². The minimum atomic E-state index is -0.369. The Morgan fingerprint density at radius 2 is 1.84 bits per heavy atom. The van der Waals surface area contributed by atoms with Gasteiger partial charge in [-0.3, -0.25) is 4.79 Å². The van der Waals surface area contributed by atoms with E-state index in [1.165, 1.54) is 11.3 Å². The van der Waals surface area contributed by atoms with Crippen LogP contribution in [0.4, 0.5) is 0 Å². The SMILES string of the molecule is CCOCCn1c(=NC(=O)CCOc2ccccc2)sc2cc(C(=O)OCC)ccc21. The number of para-hydroxylation sites is 1. The lowest BCUT2D eigenvalue weighted by Gasteiger charge is -2.06. The highest BCUT2D eigenvalue weighted by Crippen LogP contribution is 2.20. The van der Waals surface area contributed by atoms with Crippen molar-refractivity contribution < 1.29 is 23.8 Å². The quantitative estimate of drug-likeness (QED) is 0.352. The molecule has 7 nitrogen and oxygen atoms in total. The molecule has 0 saturated heterocycles. The first-order chi connectivity index (χ1) is 15.1. The second-order valence-electron chi connectivity index (χ2n) is 6.55. The molecule has 0 saturated carbocycles. The van der Waals surface area contributed by atoms with Gasteiger partial charge in [0.15, 0.2) is 4.80 Å². The molecule has 0 spiro atoms. The van der Waals surface area contributed by atoms with E-state index in [9.17, 15) is 9.59 Å². The number of amides is 1. The maximum atomic E-state index is 12.5. The van der Waals surface area contributed by atoms with Crippen LogP contribution in [0.3, 0.4) is 0 Å². The molecule has 0 radical (unpaired) electrons. The average molecular weight is 443 g/mol. The number of hydrogen-bond acceptors (Lipinski definition) is 6. The zero-order valence-corrected chi connectivity index (χ0v) is 18.5. The van der Waals surface area contributed by atoms with E-state index < -0.39 is 0 Å². The fourth-order valence-electron chi connectivity index (χ4n) is 2.95. The molecule has 0 aliphatic carbocycles. The Morgan fingerprint density at radius 1 is 1.03 bits per heavy atom. The van der Waals surface area contributed by atoms with Crippen LogP contribution in [0.1, 0.15) is 30.6 Å². The molecule has 1 aromatic heterocycles. The Morgan fingerprint density at radius 3 is 2.58 bits per heavy atom. The third-order valence-electron chi connectivity index (χ3n) is 4.41. The van der Waals surface area contributed by atoms with Gasteiger partial charge in [0.2, 0.25) is 0 Å². The number of hydrogen-bond donors (Lipinski definition) is 0. The van der Waals surface area contributed by atoms with Crippen molar-refractivity contribution in [2.24, 2.45) is 4.99 Å². The maximum Gasteiger partial charge on any atom is 0.338 e. The molecule has 3 rings (SSSR count). The predicted octanol–water partition coefficient (Wildman–Crippen LogP) is 3.81. The average Bonchev–Trinajstić information content (AvgIpc) is 3.11. The van der Waals surface area contributed by atoms with E-state index in [0.29, 0.717) is 36.7 Å². The number of carbonyl (C=O) groups is 2. The molecule has 0 atom stereocenters. The van der Waals surface area contributed by atoms with Crippen molar-refractivity contribution in [3.05, 3.63) is 58.9 Å². The van der Waals surface area contributed by atoms with Gasteiger partial charge in [0, 0.05) is 13.2 Å². The maximum absolute atomic E-state index is 12.5. The standard InChI is InChI=1S/C23H26N2O5S/c1-3-28-15-13-25-19-11-10-17(22(27)29-4-2)16-20(19)31-23(25)24-21(26)12-14-30-18-8-6-5-7-9-18/h5-11,16H,3-4,12-15H2,1-2H3. The molecule has 1 amide bonds. The smallest absolute Gasteiger partial charge is 0.338 e. The Labute approximate surface area is 184 Å². The molecular formula is C23H26N2O5S.